The van der Waals surface area contributed by atoms with Crippen molar-refractivity contribution in [3.63, 3.8) is 0 Å². The summed E-state index contributed by atoms with van der Waals surface area (Å²) in [6, 6.07) is 4.48. The van der Waals surface area contributed by atoms with E-state index in [1.54, 1.807) is 12.1 Å². The lowest BCUT2D eigenvalue weighted by Gasteiger charge is -2.39. The third-order valence-electron chi connectivity index (χ3n) is 4.38. The number of hydrogen-bond donors (Lipinski definition) is 0. The lowest BCUT2D eigenvalue weighted by molar-refractivity contribution is -0.112. The highest BCUT2D eigenvalue weighted by atomic mass is 16.2. The van der Waals surface area contributed by atoms with Gasteiger partial charge in [0.15, 0.2) is 6.29 Å². The lowest BCUT2D eigenvalue weighted by atomic mass is 9.99. The Hall–Kier alpha value is -2.50. The summed E-state index contributed by atoms with van der Waals surface area (Å²) in [5.41, 5.74) is 1.49. The Bertz CT molecular complexity index is 638. The number of hydrogen-bond acceptors (Lipinski definition) is 5. The van der Waals surface area contributed by atoms with Crippen molar-refractivity contribution in [1.82, 2.24) is 4.90 Å². The van der Waals surface area contributed by atoms with Gasteiger partial charge in [0.1, 0.15) is 12.6 Å². The second-order valence-electron chi connectivity index (χ2n) is 6.26. The minimum Gasteiger partial charge on any atom is -0.371 e. The van der Waals surface area contributed by atoms with Gasteiger partial charge >= 0.3 is 0 Å². The second kappa shape index (κ2) is 7.86. The van der Waals surface area contributed by atoms with E-state index in [1.807, 2.05) is 6.07 Å². The first-order valence-electron chi connectivity index (χ1n) is 8.02. The van der Waals surface area contributed by atoms with Crippen LogP contribution in [0.15, 0.2) is 18.2 Å². The fourth-order valence-electron chi connectivity index (χ4n) is 2.88. The molecule has 0 N–H and O–H groups in total. The molecule has 1 heterocycles. The normalized spacial score (nSPS) is 15.3. The standard InChI is InChI=1S/C18H22N2O4/c1-13-9-20(10-13)15-5-6-17(14(8-15)11-22)18(24)19(2)16(12-23)4-3-7-21/h5-8,11-13,16H,3-4,9-10H2,1-2H3. The summed E-state index contributed by atoms with van der Waals surface area (Å²) in [4.78, 5) is 49.1. The molecule has 1 unspecified atom stereocenters. The Morgan fingerprint density at radius 2 is 2.04 bits per heavy atom. The molecule has 0 aromatic heterocycles. The van der Waals surface area contributed by atoms with Crippen LogP contribution in [0.1, 0.15) is 40.5 Å². The summed E-state index contributed by atoms with van der Waals surface area (Å²) < 4.78 is 0. The Labute approximate surface area is 141 Å². The van der Waals surface area contributed by atoms with Gasteiger partial charge in [-0.05, 0) is 30.5 Å². The number of nitrogens with zero attached hydrogens (tertiary/aromatic N) is 2. The van der Waals surface area contributed by atoms with Crippen molar-refractivity contribution >= 4 is 30.5 Å². The van der Waals surface area contributed by atoms with Crippen molar-refractivity contribution in [2.24, 2.45) is 5.92 Å². The number of carbonyl (C=O) groups is 4. The predicted molar refractivity (Wildman–Crippen MR) is 90.5 cm³/mol. The number of rotatable bonds is 8. The monoisotopic (exact) mass is 330 g/mol. The Balaban J connectivity index is 2.20. The highest BCUT2D eigenvalue weighted by Gasteiger charge is 2.26. The number of likely N-dealkylation sites (N-methyl/N-ethyl adjacent to an activating group) is 1. The average Bonchev–Trinajstić information content (AvgIpc) is 2.58. The van der Waals surface area contributed by atoms with Crippen molar-refractivity contribution in [2.45, 2.75) is 25.8 Å². The molecule has 0 radical (unpaired) electrons. The van der Waals surface area contributed by atoms with Crippen LogP contribution < -0.4 is 4.90 Å². The zero-order chi connectivity index (χ0) is 17.7. The van der Waals surface area contributed by atoms with Crippen LogP contribution in [0.2, 0.25) is 0 Å². The third-order valence-corrected chi connectivity index (χ3v) is 4.38. The summed E-state index contributed by atoms with van der Waals surface area (Å²) in [6.07, 6.45) is 2.50. The third kappa shape index (κ3) is 3.69. The molecule has 1 aromatic rings. The van der Waals surface area contributed by atoms with Gasteiger partial charge in [0.05, 0.1) is 11.6 Å². The maximum atomic E-state index is 12.6. The largest absolute Gasteiger partial charge is 0.371 e. The minimum absolute atomic E-state index is 0.202. The fourth-order valence-corrected chi connectivity index (χ4v) is 2.88. The fraction of sp³-hybridized carbons (Fsp3) is 0.444. The molecule has 1 aliphatic heterocycles. The molecule has 1 aliphatic rings. The molecule has 1 fully saturated rings. The number of amides is 1. The van der Waals surface area contributed by atoms with E-state index >= 15 is 0 Å². The van der Waals surface area contributed by atoms with Crippen LogP contribution in [0.4, 0.5) is 5.69 Å². The molecule has 0 aliphatic carbocycles. The molecule has 0 bridgehead atoms. The maximum Gasteiger partial charge on any atom is 0.254 e. The zero-order valence-electron chi connectivity index (χ0n) is 14.0. The van der Waals surface area contributed by atoms with Gasteiger partial charge < -0.3 is 19.4 Å². The molecule has 24 heavy (non-hydrogen) atoms. The van der Waals surface area contributed by atoms with Gasteiger partial charge in [0, 0.05) is 37.8 Å². The van der Waals surface area contributed by atoms with Gasteiger partial charge in [-0.25, -0.2) is 0 Å². The van der Waals surface area contributed by atoms with E-state index in [9.17, 15) is 19.2 Å². The molecule has 128 valence electrons. The van der Waals surface area contributed by atoms with Crippen LogP contribution in [0.3, 0.4) is 0 Å². The van der Waals surface area contributed by atoms with Crippen molar-refractivity contribution in [3.05, 3.63) is 29.3 Å². The number of benzene rings is 1. The van der Waals surface area contributed by atoms with Crippen LogP contribution in [-0.2, 0) is 9.59 Å². The molecule has 2 rings (SSSR count). The first kappa shape index (κ1) is 17.8. The smallest absolute Gasteiger partial charge is 0.254 e. The molecule has 1 atom stereocenters. The van der Waals surface area contributed by atoms with E-state index in [-0.39, 0.29) is 18.4 Å². The molecule has 1 saturated heterocycles. The Morgan fingerprint density at radius 1 is 1.33 bits per heavy atom. The predicted octanol–water partition coefficient (Wildman–Crippen LogP) is 1.57. The van der Waals surface area contributed by atoms with Gasteiger partial charge in [-0.1, -0.05) is 6.92 Å². The number of aldehydes is 3. The molecule has 1 amide bonds. The van der Waals surface area contributed by atoms with E-state index in [2.05, 4.69) is 11.8 Å². The van der Waals surface area contributed by atoms with Crippen molar-refractivity contribution in [3.8, 4) is 0 Å². The van der Waals surface area contributed by atoms with E-state index in [0.29, 0.717) is 30.3 Å². The Kier molecular flexibility index (Phi) is 5.84. The zero-order valence-corrected chi connectivity index (χ0v) is 14.0. The van der Waals surface area contributed by atoms with Crippen LogP contribution in [0, 0.1) is 5.92 Å². The highest BCUT2D eigenvalue weighted by molar-refractivity contribution is 6.02. The van der Waals surface area contributed by atoms with Gasteiger partial charge in [0.2, 0.25) is 0 Å². The summed E-state index contributed by atoms with van der Waals surface area (Å²) in [7, 11) is 1.51. The van der Waals surface area contributed by atoms with Gasteiger partial charge in [-0.3, -0.25) is 9.59 Å². The topological polar surface area (TPSA) is 74.8 Å². The SMILES string of the molecule is CC1CN(c2ccc(C(=O)N(C)C(C=O)CCC=O)c(C=O)c2)C1. The summed E-state index contributed by atoms with van der Waals surface area (Å²) in [6.45, 7) is 4.03. The van der Waals surface area contributed by atoms with Gasteiger partial charge in [-0.2, -0.15) is 0 Å². The van der Waals surface area contributed by atoms with Crippen LogP contribution in [0.5, 0.6) is 0 Å². The summed E-state index contributed by atoms with van der Waals surface area (Å²) in [5, 5.41) is 0. The van der Waals surface area contributed by atoms with Crippen molar-refractivity contribution in [2.75, 3.05) is 25.0 Å². The van der Waals surface area contributed by atoms with Gasteiger partial charge in [-0.15, -0.1) is 0 Å². The first-order chi connectivity index (χ1) is 11.5. The molecular formula is C18H22N2O4. The molecule has 1 aromatic carbocycles. The number of anilines is 1. The van der Waals surface area contributed by atoms with Crippen LogP contribution >= 0.6 is 0 Å². The average molecular weight is 330 g/mol. The van der Waals surface area contributed by atoms with Crippen molar-refractivity contribution in [1.29, 1.82) is 0 Å². The van der Waals surface area contributed by atoms with Crippen LogP contribution in [0.25, 0.3) is 0 Å². The molecular weight excluding hydrogens is 308 g/mol. The maximum absolute atomic E-state index is 12.6. The second-order valence-corrected chi connectivity index (χ2v) is 6.26. The molecule has 6 heteroatoms. The van der Waals surface area contributed by atoms with Gasteiger partial charge in [0.25, 0.3) is 5.91 Å². The van der Waals surface area contributed by atoms with E-state index in [1.165, 1.54) is 11.9 Å². The quantitative estimate of drug-likeness (QED) is 0.677. The first-order valence-corrected chi connectivity index (χ1v) is 8.02. The van der Waals surface area contributed by atoms with E-state index < -0.39 is 11.9 Å². The van der Waals surface area contributed by atoms with E-state index in [0.717, 1.165) is 18.8 Å². The number of carbonyl (C=O) groups excluding carboxylic acids is 4. The summed E-state index contributed by atoms with van der Waals surface area (Å²) >= 11 is 0. The highest BCUT2D eigenvalue weighted by Crippen LogP contribution is 2.26. The molecule has 0 spiro atoms. The molecule has 0 saturated carbocycles. The van der Waals surface area contributed by atoms with Crippen molar-refractivity contribution < 1.29 is 19.2 Å². The summed E-state index contributed by atoms with van der Waals surface area (Å²) in [5.74, 6) is 0.229. The Morgan fingerprint density at radius 3 is 2.58 bits per heavy atom. The minimum atomic E-state index is -0.682. The van der Waals surface area contributed by atoms with Crippen LogP contribution in [-0.4, -0.2) is 55.8 Å². The van der Waals surface area contributed by atoms with E-state index in [4.69, 9.17) is 0 Å². The molecule has 6 nitrogen and oxygen atoms in total. The lowest BCUT2D eigenvalue weighted by Crippen LogP contribution is -2.45.